The van der Waals surface area contributed by atoms with E-state index in [1.54, 1.807) is 0 Å². The maximum absolute atomic E-state index is 11.1. The maximum atomic E-state index is 11.1. The predicted octanol–water partition coefficient (Wildman–Crippen LogP) is -2.47. The number of hydrogen-bond donors (Lipinski definition) is 7. The van der Waals surface area contributed by atoms with E-state index < -0.39 is 74.6 Å². The van der Waals surface area contributed by atoms with Gasteiger partial charge in [-0.2, -0.15) is 0 Å². The van der Waals surface area contributed by atoms with Gasteiger partial charge in [-0.05, 0) is 12.8 Å². The lowest BCUT2D eigenvalue weighted by Gasteiger charge is -2.42. The molecule has 0 unspecified atom stereocenters. The zero-order chi connectivity index (χ0) is 26.0. The highest BCUT2D eigenvalue weighted by Gasteiger charge is 2.47. The quantitative estimate of drug-likeness (QED) is 0.0953. The second-order valence-corrected chi connectivity index (χ2v) is 8.86. The Balaban J connectivity index is 1.72. The van der Waals surface area contributed by atoms with Crippen LogP contribution < -0.4 is 0 Å². The molecular weight excluding hydrogens is 472 g/mol. The molecule has 0 aromatic rings. The SMILES string of the molecule is COC(=O)CCCCCCCCO[C@H]1O[C@H](CO[C@H]2O[C@H](CO)[C@H](O)[C@H](O)[C@H]2O)[C@@H](O)[C@H](O)[C@H]1O. The van der Waals surface area contributed by atoms with Crippen molar-refractivity contribution in [3.05, 3.63) is 0 Å². The fourth-order valence-corrected chi connectivity index (χ4v) is 3.97. The lowest BCUT2D eigenvalue weighted by molar-refractivity contribution is -0.331. The summed E-state index contributed by atoms with van der Waals surface area (Å²) in [6, 6.07) is 0. The number of aliphatic hydroxyl groups is 7. The maximum Gasteiger partial charge on any atom is 0.305 e. The lowest BCUT2D eigenvalue weighted by atomic mass is 9.98. The van der Waals surface area contributed by atoms with Gasteiger partial charge >= 0.3 is 5.97 Å². The zero-order valence-electron chi connectivity index (χ0n) is 19.9. The molecule has 2 saturated heterocycles. The Morgan fingerprint density at radius 2 is 1.20 bits per heavy atom. The average molecular weight is 513 g/mol. The van der Waals surface area contributed by atoms with Crippen LogP contribution in [0.15, 0.2) is 0 Å². The van der Waals surface area contributed by atoms with Crippen molar-refractivity contribution in [2.75, 3.05) is 26.9 Å². The molecule has 2 aliphatic heterocycles. The van der Waals surface area contributed by atoms with Crippen LogP contribution in [0.25, 0.3) is 0 Å². The summed E-state index contributed by atoms with van der Waals surface area (Å²) in [6.07, 6.45) is -8.83. The smallest absolute Gasteiger partial charge is 0.305 e. The first-order chi connectivity index (χ1) is 16.7. The summed E-state index contributed by atoms with van der Waals surface area (Å²) < 4.78 is 26.3. The standard InChI is InChI=1S/C22H40O13/c1-31-14(24)8-6-4-2-3-5-7-9-32-21-19(29)18(28)16(26)13(35-21)11-33-22-20(30)17(27)15(25)12(10-23)34-22/h12-13,15-23,25-30H,2-11H2,1H3/t12-,13-,15+,16-,17+,18+,19-,20-,21+,22+/m1/s1. The average Bonchev–Trinajstić information content (AvgIpc) is 2.86. The van der Waals surface area contributed by atoms with Gasteiger partial charge in [-0.25, -0.2) is 0 Å². The molecule has 206 valence electrons. The van der Waals surface area contributed by atoms with Crippen LogP contribution in [0, 0.1) is 0 Å². The summed E-state index contributed by atoms with van der Waals surface area (Å²) in [4.78, 5) is 11.1. The molecule has 2 heterocycles. The van der Waals surface area contributed by atoms with E-state index in [1.807, 2.05) is 0 Å². The second kappa shape index (κ2) is 15.3. The number of rotatable bonds is 14. The van der Waals surface area contributed by atoms with E-state index >= 15 is 0 Å². The van der Waals surface area contributed by atoms with Gasteiger partial charge in [0.2, 0.25) is 0 Å². The number of ether oxygens (including phenoxy) is 5. The molecule has 2 rings (SSSR count). The van der Waals surface area contributed by atoms with Crippen molar-refractivity contribution in [2.45, 2.75) is 106 Å². The highest BCUT2D eigenvalue weighted by molar-refractivity contribution is 5.68. The summed E-state index contributed by atoms with van der Waals surface area (Å²) >= 11 is 0. The number of carbonyl (C=O) groups excluding carboxylic acids is 1. The van der Waals surface area contributed by atoms with Gasteiger partial charge in [0.05, 0.1) is 20.3 Å². The highest BCUT2D eigenvalue weighted by atomic mass is 16.7. The molecule has 0 amide bonds. The monoisotopic (exact) mass is 512 g/mol. The van der Waals surface area contributed by atoms with Gasteiger partial charge in [0.15, 0.2) is 12.6 Å². The number of methoxy groups -OCH3 is 1. The van der Waals surface area contributed by atoms with Crippen LogP contribution in [0.4, 0.5) is 0 Å². The summed E-state index contributed by atoms with van der Waals surface area (Å²) in [6.45, 7) is -0.784. The van der Waals surface area contributed by atoms with Gasteiger partial charge in [0.25, 0.3) is 0 Å². The fraction of sp³-hybridized carbons (Fsp3) is 0.955. The number of hydrogen-bond acceptors (Lipinski definition) is 13. The van der Waals surface area contributed by atoms with Crippen LogP contribution in [0.3, 0.4) is 0 Å². The van der Waals surface area contributed by atoms with Crippen molar-refractivity contribution in [3.63, 3.8) is 0 Å². The van der Waals surface area contributed by atoms with Crippen LogP contribution in [-0.2, 0) is 28.5 Å². The number of carbonyl (C=O) groups is 1. The van der Waals surface area contributed by atoms with Crippen molar-refractivity contribution in [1.82, 2.24) is 0 Å². The minimum Gasteiger partial charge on any atom is -0.469 e. The van der Waals surface area contributed by atoms with Crippen LogP contribution in [0.1, 0.15) is 44.9 Å². The fourth-order valence-electron chi connectivity index (χ4n) is 3.97. The molecule has 10 atom stereocenters. The highest BCUT2D eigenvalue weighted by Crippen LogP contribution is 2.26. The summed E-state index contributed by atoms with van der Waals surface area (Å²) in [5.74, 6) is -0.214. The largest absolute Gasteiger partial charge is 0.469 e. The Labute approximate surface area is 204 Å². The summed E-state index contributed by atoms with van der Waals surface area (Å²) in [5.41, 5.74) is 0. The number of unbranched alkanes of at least 4 members (excludes halogenated alkanes) is 5. The molecule has 0 spiro atoms. The normalized spacial score (nSPS) is 37.8. The van der Waals surface area contributed by atoms with Gasteiger partial charge < -0.3 is 59.4 Å². The third-order valence-electron chi connectivity index (χ3n) is 6.23. The third kappa shape index (κ3) is 8.83. The van der Waals surface area contributed by atoms with E-state index in [4.69, 9.17) is 18.9 Å². The van der Waals surface area contributed by atoms with Gasteiger partial charge in [0.1, 0.15) is 48.8 Å². The Kier molecular flexibility index (Phi) is 13.2. The van der Waals surface area contributed by atoms with Gasteiger partial charge in [-0.3, -0.25) is 4.79 Å². The van der Waals surface area contributed by atoms with Crippen LogP contribution in [0.5, 0.6) is 0 Å². The molecule has 0 saturated carbocycles. The zero-order valence-corrected chi connectivity index (χ0v) is 19.9. The minimum atomic E-state index is -1.63. The topological polar surface area (TPSA) is 205 Å². The van der Waals surface area contributed by atoms with Gasteiger partial charge in [-0.1, -0.05) is 25.7 Å². The van der Waals surface area contributed by atoms with Gasteiger partial charge in [-0.15, -0.1) is 0 Å². The Morgan fingerprint density at radius 3 is 1.80 bits per heavy atom. The first-order valence-corrected chi connectivity index (χ1v) is 12.0. The molecule has 2 fully saturated rings. The molecule has 35 heavy (non-hydrogen) atoms. The van der Waals surface area contributed by atoms with Crippen molar-refractivity contribution in [3.8, 4) is 0 Å². The molecular formula is C22H40O13. The molecule has 2 aliphatic rings. The first kappa shape index (κ1) is 30.3. The summed E-state index contributed by atoms with van der Waals surface area (Å²) in [5, 5.41) is 69.6. The Hall–Kier alpha value is -0.970. The van der Waals surface area contributed by atoms with Crippen LogP contribution in [-0.4, -0.2) is 130 Å². The van der Waals surface area contributed by atoms with Crippen LogP contribution >= 0.6 is 0 Å². The van der Waals surface area contributed by atoms with Gasteiger partial charge in [0, 0.05) is 13.0 Å². The molecule has 0 aromatic heterocycles. The van der Waals surface area contributed by atoms with Crippen molar-refractivity contribution >= 4 is 5.97 Å². The minimum absolute atomic E-state index is 0.214. The molecule has 0 aromatic carbocycles. The molecule has 13 heteroatoms. The van der Waals surface area contributed by atoms with E-state index in [1.165, 1.54) is 7.11 Å². The van der Waals surface area contributed by atoms with E-state index in [-0.39, 0.29) is 12.6 Å². The Bertz CT molecular complexity index is 606. The number of aliphatic hydroxyl groups excluding tert-OH is 7. The third-order valence-corrected chi connectivity index (χ3v) is 6.23. The van der Waals surface area contributed by atoms with Crippen molar-refractivity contribution in [1.29, 1.82) is 0 Å². The van der Waals surface area contributed by atoms with Crippen molar-refractivity contribution in [2.24, 2.45) is 0 Å². The molecule has 7 N–H and O–H groups in total. The van der Waals surface area contributed by atoms with Crippen LogP contribution in [0.2, 0.25) is 0 Å². The molecule has 0 radical (unpaired) electrons. The molecule has 13 nitrogen and oxygen atoms in total. The lowest BCUT2D eigenvalue weighted by Crippen LogP contribution is -2.61. The first-order valence-electron chi connectivity index (χ1n) is 12.0. The van der Waals surface area contributed by atoms with E-state index in [0.29, 0.717) is 12.8 Å². The molecule has 0 bridgehead atoms. The van der Waals surface area contributed by atoms with E-state index in [0.717, 1.165) is 32.1 Å². The predicted molar refractivity (Wildman–Crippen MR) is 117 cm³/mol. The number of esters is 1. The van der Waals surface area contributed by atoms with E-state index in [2.05, 4.69) is 4.74 Å². The second-order valence-electron chi connectivity index (χ2n) is 8.86. The van der Waals surface area contributed by atoms with Crippen molar-refractivity contribution < 1.29 is 64.2 Å². The Morgan fingerprint density at radius 1 is 0.686 bits per heavy atom. The molecule has 0 aliphatic carbocycles. The summed E-state index contributed by atoms with van der Waals surface area (Å²) in [7, 11) is 1.37. The van der Waals surface area contributed by atoms with E-state index in [9.17, 15) is 40.5 Å².